The highest BCUT2D eigenvalue weighted by Gasteiger charge is 2.27. The minimum absolute atomic E-state index is 0.139. The van der Waals surface area contributed by atoms with Gasteiger partial charge in [0.1, 0.15) is 6.10 Å². The van der Waals surface area contributed by atoms with E-state index in [1.807, 2.05) is 48.5 Å². The number of benzene rings is 2. The lowest BCUT2D eigenvalue weighted by Crippen LogP contribution is -2.47. The van der Waals surface area contributed by atoms with Gasteiger partial charge in [0, 0.05) is 19.6 Å². The van der Waals surface area contributed by atoms with E-state index in [0.717, 1.165) is 18.8 Å². The zero-order chi connectivity index (χ0) is 18.5. The van der Waals surface area contributed by atoms with Crippen LogP contribution in [0.25, 0.3) is 5.69 Å². The summed E-state index contributed by atoms with van der Waals surface area (Å²) in [6, 6.07) is 20.1. The third-order valence-electron chi connectivity index (χ3n) is 4.56. The number of aromatic nitrogens is 2. The highest BCUT2D eigenvalue weighted by Crippen LogP contribution is 2.14. The van der Waals surface area contributed by atoms with Crippen LogP contribution in [0.1, 0.15) is 5.56 Å². The van der Waals surface area contributed by atoms with Crippen molar-refractivity contribution < 1.29 is 9.53 Å². The summed E-state index contributed by atoms with van der Waals surface area (Å²) in [4.78, 5) is 14.9. The van der Waals surface area contributed by atoms with Crippen molar-refractivity contribution in [3.8, 4) is 5.69 Å². The van der Waals surface area contributed by atoms with Gasteiger partial charge in [-0.1, -0.05) is 48.5 Å². The normalized spacial score (nSPS) is 17.6. The number of rotatable bonds is 5. The second-order valence-corrected chi connectivity index (χ2v) is 6.58. The van der Waals surface area contributed by atoms with Crippen molar-refractivity contribution in [3.63, 3.8) is 0 Å². The Labute approximate surface area is 158 Å². The van der Waals surface area contributed by atoms with Crippen LogP contribution in [-0.4, -0.2) is 46.4 Å². The van der Waals surface area contributed by atoms with E-state index in [1.165, 1.54) is 5.56 Å². The summed E-state index contributed by atoms with van der Waals surface area (Å²) in [6.07, 6.45) is 2.97. The van der Waals surface area contributed by atoms with E-state index in [4.69, 9.17) is 4.74 Å². The van der Waals surface area contributed by atoms with Crippen LogP contribution >= 0.6 is 0 Å². The first-order valence-electron chi connectivity index (χ1n) is 9.07. The molecule has 0 saturated carbocycles. The quantitative estimate of drug-likeness (QED) is 0.758. The molecule has 2 heterocycles. The number of hydrogen-bond acceptors (Lipinski definition) is 4. The van der Waals surface area contributed by atoms with Crippen molar-refractivity contribution in [2.45, 2.75) is 12.6 Å². The number of anilines is 1. The molecule has 27 heavy (non-hydrogen) atoms. The van der Waals surface area contributed by atoms with E-state index >= 15 is 0 Å². The van der Waals surface area contributed by atoms with Gasteiger partial charge in [0.2, 0.25) is 0 Å². The summed E-state index contributed by atoms with van der Waals surface area (Å²) in [5, 5.41) is 7.22. The molecule has 6 heteroatoms. The van der Waals surface area contributed by atoms with Crippen LogP contribution in [0.2, 0.25) is 0 Å². The van der Waals surface area contributed by atoms with Gasteiger partial charge in [0.15, 0.2) is 0 Å². The van der Waals surface area contributed by atoms with Crippen molar-refractivity contribution in [1.82, 2.24) is 14.7 Å². The van der Waals surface area contributed by atoms with Gasteiger partial charge >= 0.3 is 0 Å². The first kappa shape index (κ1) is 17.5. The molecular weight excluding hydrogens is 340 g/mol. The molecule has 1 saturated heterocycles. The summed E-state index contributed by atoms with van der Waals surface area (Å²) in [5.41, 5.74) is 2.84. The molecule has 1 unspecified atom stereocenters. The van der Waals surface area contributed by atoms with Crippen molar-refractivity contribution in [1.29, 1.82) is 0 Å². The first-order valence-corrected chi connectivity index (χ1v) is 9.07. The van der Waals surface area contributed by atoms with Gasteiger partial charge < -0.3 is 10.1 Å². The molecule has 0 bridgehead atoms. The molecule has 1 aliphatic heterocycles. The number of hydrogen-bond donors (Lipinski definition) is 1. The number of amides is 1. The van der Waals surface area contributed by atoms with Crippen molar-refractivity contribution in [2.75, 3.05) is 25.0 Å². The molecule has 1 amide bonds. The summed E-state index contributed by atoms with van der Waals surface area (Å²) in [7, 11) is 0. The largest absolute Gasteiger partial charge is 0.366 e. The lowest BCUT2D eigenvalue weighted by Gasteiger charge is -2.32. The minimum Gasteiger partial charge on any atom is -0.366 e. The smallest absolute Gasteiger partial charge is 0.254 e. The zero-order valence-corrected chi connectivity index (χ0v) is 15.0. The molecule has 1 aliphatic rings. The number of ether oxygens (including phenoxy) is 1. The second-order valence-electron chi connectivity index (χ2n) is 6.58. The third-order valence-corrected chi connectivity index (χ3v) is 4.56. The Balaban J connectivity index is 1.36. The van der Waals surface area contributed by atoms with Crippen LogP contribution in [0, 0.1) is 0 Å². The Morgan fingerprint density at radius 2 is 1.85 bits per heavy atom. The van der Waals surface area contributed by atoms with Gasteiger partial charge in [-0.05, 0) is 17.7 Å². The number of para-hydroxylation sites is 1. The first-order chi connectivity index (χ1) is 13.3. The fourth-order valence-electron chi connectivity index (χ4n) is 3.18. The van der Waals surface area contributed by atoms with E-state index in [2.05, 4.69) is 27.4 Å². The molecule has 1 fully saturated rings. The average molecular weight is 362 g/mol. The number of carbonyl (C=O) groups excluding carboxylic acids is 1. The zero-order valence-electron chi connectivity index (χ0n) is 15.0. The molecule has 0 aliphatic carbocycles. The third kappa shape index (κ3) is 4.42. The molecule has 6 nitrogen and oxygen atoms in total. The predicted octanol–water partition coefficient (Wildman–Crippen LogP) is 2.71. The number of nitrogens with one attached hydrogen (secondary N) is 1. The van der Waals surface area contributed by atoms with Gasteiger partial charge in [0.05, 0.1) is 30.4 Å². The monoisotopic (exact) mass is 362 g/mol. The van der Waals surface area contributed by atoms with Crippen LogP contribution in [-0.2, 0) is 16.1 Å². The summed E-state index contributed by atoms with van der Waals surface area (Å²) in [6.45, 7) is 2.77. The molecule has 1 N–H and O–H groups in total. The fourth-order valence-corrected chi connectivity index (χ4v) is 3.18. The van der Waals surface area contributed by atoms with Gasteiger partial charge in [-0.25, -0.2) is 4.68 Å². The minimum atomic E-state index is -0.484. The highest BCUT2D eigenvalue weighted by molar-refractivity contribution is 5.94. The maximum Gasteiger partial charge on any atom is 0.254 e. The standard InChI is InChI=1S/C21H22N4O2/c26-21(23-18-13-22-25(15-18)19-9-5-2-6-10-19)20-16-24(11-12-27-20)14-17-7-3-1-4-8-17/h1-10,13,15,20H,11-12,14,16H2,(H,23,26). The molecule has 1 atom stereocenters. The maximum absolute atomic E-state index is 12.6. The summed E-state index contributed by atoms with van der Waals surface area (Å²) in [5.74, 6) is -0.139. The molecular formula is C21H22N4O2. The van der Waals surface area contributed by atoms with Crippen LogP contribution in [0.15, 0.2) is 73.1 Å². The molecule has 3 aromatic rings. The molecule has 0 radical (unpaired) electrons. The van der Waals surface area contributed by atoms with E-state index in [1.54, 1.807) is 17.1 Å². The Bertz CT molecular complexity index is 879. The van der Waals surface area contributed by atoms with Crippen LogP contribution in [0.5, 0.6) is 0 Å². The lowest BCUT2D eigenvalue weighted by atomic mass is 10.2. The van der Waals surface area contributed by atoms with Gasteiger partial charge in [-0.2, -0.15) is 5.10 Å². The van der Waals surface area contributed by atoms with Crippen LogP contribution in [0.3, 0.4) is 0 Å². The van der Waals surface area contributed by atoms with Gasteiger partial charge in [-0.15, -0.1) is 0 Å². The van der Waals surface area contributed by atoms with E-state index < -0.39 is 6.10 Å². The Hall–Kier alpha value is -2.96. The van der Waals surface area contributed by atoms with Crippen molar-refractivity contribution in [3.05, 3.63) is 78.6 Å². The Morgan fingerprint density at radius 3 is 2.63 bits per heavy atom. The summed E-state index contributed by atoms with van der Waals surface area (Å²) >= 11 is 0. The van der Waals surface area contributed by atoms with E-state index in [9.17, 15) is 4.79 Å². The predicted molar refractivity (Wildman–Crippen MR) is 104 cm³/mol. The molecule has 0 spiro atoms. The molecule has 1 aromatic heterocycles. The van der Waals surface area contributed by atoms with Crippen LogP contribution < -0.4 is 5.32 Å². The van der Waals surface area contributed by atoms with E-state index in [0.29, 0.717) is 18.8 Å². The Morgan fingerprint density at radius 1 is 1.11 bits per heavy atom. The number of nitrogens with zero attached hydrogens (tertiary/aromatic N) is 3. The number of carbonyl (C=O) groups is 1. The average Bonchev–Trinajstić information content (AvgIpc) is 3.18. The fraction of sp³-hybridized carbons (Fsp3) is 0.238. The Kier molecular flexibility index (Phi) is 5.27. The molecule has 4 rings (SSSR count). The van der Waals surface area contributed by atoms with E-state index in [-0.39, 0.29) is 5.91 Å². The molecule has 138 valence electrons. The highest BCUT2D eigenvalue weighted by atomic mass is 16.5. The maximum atomic E-state index is 12.6. The topological polar surface area (TPSA) is 59.4 Å². The second kappa shape index (κ2) is 8.16. The van der Waals surface area contributed by atoms with Gasteiger partial charge in [-0.3, -0.25) is 9.69 Å². The van der Waals surface area contributed by atoms with Gasteiger partial charge in [0.25, 0.3) is 5.91 Å². The number of morpholine rings is 1. The SMILES string of the molecule is O=C(Nc1cnn(-c2ccccc2)c1)C1CN(Cc2ccccc2)CCO1. The van der Waals surface area contributed by atoms with Crippen molar-refractivity contribution >= 4 is 11.6 Å². The van der Waals surface area contributed by atoms with Crippen molar-refractivity contribution in [2.24, 2.45) is 0 Å². The summed E-state index contributed by atoms with van der Waals surface area (Å²) < 4.78 is 7.43. The van der Waals surface area contributed by atoms with Crippen LogP contribution in [0.4, 0.5) is 5.69 Å². The molecule has 2 aromatic carbocycles. The lowest BCUT2D eigenvalue weighted by molar-refractivity contribution is -0.133.